The molecule has 0 fully saturated rings. The van der Waals surface area contributed by atoms with Gasteiger partial charge in [-0.3, -0.25) is 4.79 Å². The van der Waals surface area contributed by atoms with Crippen molar-refractivity contribution in [2.24, 2.45) is 0 Å². The van der Waals surface area contributed by atoms with Crippen LogP contribution in [-0.2, 0) is 17.8 Å². The second kappa shape index (κ2) is 6.91. The minimum absolute atomic E-state index is 0.0565. The number of amides is 1. The van der Waals surface area contributed by atoms with Gasteiger partial charge < -0.3 is 4.90 Å². The van der Waals surface area contributed by atoms with Crippen molar-refractivity contribution in [3.8, 4) is 0 Å². The largest absolute Gasteiger partial charge is 0.341 e. The van der Waals surface area contributed by atoms with Gasteiger partial charge in [-0.15, -0.1) is 0 Å². The molecule has 0 saturated heterocycles. The van der Waals surface area contributed by atoms with Gasteiger partial charge in [0, 0.05) is 23.1 Å². The Bertz CT molecular complexity index is 598. The first-order valence-corrected chi connectivity index (χ1v) is 7.45. The Kier molecular flexibility index (Phi) is 5.21. The summed E-state index contributed by atoms with van der Waals surface area (Å²) in [6.07, 6.45) is 0.326. The smallest absolute Gasteiger partial charge is 0.227 e. The van der Waals surface area contributed by atoms with Crippen LogP contribution < -0.4 is 0 Å². The molecule has 2 nitrogen and oxygen atoms in total. The number of nitrogens with zero attached hydrogens (tertiary/aromatic N) is 1. The number of benzene rings is 2. The van der Waals surface area contributed by atoms with Gasteiger partial charge in [0.2, 0.25) is 5.91 Å². The molecule has 4 heteroatoms. The molecule has 0 aromatic heterocycles. The number of halogens is 2. The Hall–Kier alpha value is -1.32. The Balaban J connectivity index is 1.99. The molecular formula is C16H15BrClNO. The summed E-state index contributed by atoms with van der Waals surface area (Å²) in [4.78, 5) is 13.9. The summed E-state index contributed by atoms with van der Waals surface area (Å²) in [5.41, 5.74) is 1.96. The zero-order valence-electron chi connectivity index (χ0n) is 11.1. The summed E-state index contributed by atoms with van der Waals surface area (Å²) in [5, 5.41) is 0.637. The summed E-state index contributed by atoms with van der Waals surface area (Å²) >= 11 is 9.47. The minimum atomic E-state index is 0.0565. The lowest BCUT2D eigenvalue weighted by Crippen LogP contribution is -2.27. The normalized spacial score (nSPS) is 10.3. The van der Waals surface area contributed by atoms with Crippen LogP contribution in [0.15, 0.2) is 53.0 Å². The van der Waals surface area contributed by atoms with E-state index >= 15 is 0 Å². The summed E-state index contributed by atoms with van der Waals surface area (Å²) < 4.78 is 1.03. The van der Waals surface area contributed by atoms with E-state index in [2.05, 4.69) is 15.9 Å². The summed E-state index contributed by atoms with van der Waals surface area (Å²) in [6, 6.07) is 15.4. The second-order valence-electron chi connectivity index (χ2n) is 4.64. The zero-order chi connectivity index (χ0) is 14.5. The van der Waals surface area contributed by atoms with E-state index in [0.29, 0.717) is 18.0 Å². The van der Waals surface area contributed by atoms with Crippen LogP contribution in [0.25, 0.3) is 0 Å². The van der Waals surface area contributed by atoms with Crippen molar-refractivity contribution in [2.75, 3.05) is 7.05 Å². The van der Waals surface area contributed by atoms with E-state index in [1.807, 2.05) is 42.5 Å². The van der Waals surface area contributed by atoms with E-state index in [1.54, 1.807) is 18.0 Å². The first-order chi connectivity index (χ1) is 9.56. The third-order valence-corrected chi connectivity index (χ3v) is 3.96. The maximum atomic E-state index is 12.2. The standard InChI is InChI=1S/C16H15BrClNO/c1-19(11-12-6-8-14(17)9-7-12)16(20)10-13-4-2-3-5-15(13)18/h2-9H,10-11H2,1H3. The molecular weight excluding hydrogens is 338 g/mol. The van der Waals surface area contributed by atoms with Gasteiger partial charge in [0.25, 0.3) is 0 Å². The third kappa shape index (κ3) is 4.09. The molecule has 104 valence electrons. The third-order valence-electron chi connectivity index (χ3n) is 3.06. The quantitative estimate of drug-likeness (QED) is 0.803. The van der Waals surface area contributed by atoms with Crippen molar-refractivity contribution in [1.29, 1.82) is 0 Å². The van der Waals surface area contributed by atoms with E-state index in [9.17, 15) is 4.79 Å². The van der Waals surface area contributed by atoms with E-state index in [1.165, 1.54) is 0 Å². The van der Waals surface area contributed by atoms with E-state index < -0.39 is 0 Å². The fraction of sp³-hybridized carbons (Fsp3) is 0.188. The van der Waals surface area contributed by atoms with Gasteiger partial charge in [0.1, 0.15) is 0 Å². The predicted molar refractivity (Wildman–Crippen MR) is 85.8 cm³/mol. The highest BCUT2D eigenvalue weighted by Gasteiger charge is 2.11. The van der Waals surface area contributed by atoms with Crippen molar-refractivity contribution >= 4 is 33.4 Å². The number of carbonyl (C=O) groups excluding carboxylic acids is 1. The maximum Gasteiger partial charge on any atom is 0.227 e. The molecule has 2 aromatic rings. The van der Waals surface area contributed by atoms with Crippen LogP contribution in [0.4, 0.5) is 0 Å². The minimum Gasteiger partial charge on any atom is -0.341 e. The molecule has 0 spiro atoms. The second-order valence-corrected chi connectivity index (χ2v) is 5.97. The molecule has 0 aliphatic carbocycles. The SMILES string of the molecule is CN(Cc1ccc(Br)cc1)C(=O)Cc1ccccc1Cl. The lowest BCUT2D eigenvalue weighted by molar-refractivity contribution is -0.129. The molecule has 2 aromatic carbocycles. The highest BCUT2D eigenvalue weighted by atomic mass is 79.9. The Morgan fingerprint density at radius 1 is 1.15 bits per heavy atom. The topological polar surface area (TPSA) is 20.3 Å². The summed E-state index contributed by atoms with van der Waals surface area (Å²) in [5.74, 6) is 0.0565. The van der Waals surface area contributed by atoms with Crippen LogP contribution in [0, 0.1) is 0 Å². The van der Waals surface area contributed by atoms with Crippen molar-refractivity contribution in [1.82, 2.24) is 4.90 Å². The summed E-state index contributed by atoms with van der Waals surface area (Å²) in [7, 11) is 1.81. The lowest BCUT2D eigenvalue weighted by Gasteiger charge is -2.17. The first-order valence-electron chi connectivity index (χ1n) is 6.28. The Labute approximate surface area is 132 Å². The first kappa shape index (κ1) is 15.1. The Morgan fingerprint density at radius 3 is 2.45 bits per heavy atom. The van der Waals surface area contributed by atoms with Gasteiger partial charge in [-0.25, -0.2) is 0 Å². The van der Waals surface area contributed by atoms with Gasteiger partial charge in [0.15, 0.2) is 0 Å². The fourth-order valence-corrected chi connectivity index (χ4v) is 2.36. The number of hydrogen-bond donors (Lipinski definition) is 0. The Morgan fingerprint density at radius 2 is 1.80 bits per heavy atom. The van der Waals surface area contributed by atoms with Gasteiger partial charge in [-0.2, -0.15) is 0 Å². The van der Waals surface area contributed by atoms with Gasteiger partial charge in [-0.05, 0) is 29.3 Å². The average Bonchev–Trinajstić information content (AvgIpc) is 2.44. The number of carbonyl (C=O) groups is 1. The van der Waals surface area contributed by atoms with Crippen LogP contribution in [0.5, 0.6) is 0 Å². The molecule has 20 heavy (non-hydrogen) atoms. The fourth-order valence-electron chi connectivity index (χ4n) is 1.89. The molecule has 0 saturated carbocycles. The molecule has 0 unspecified atom stereocenters. The van der Waals surface area contributed by atoms with Crippen LogP contribution in [0.2, 0.25) is 5.02 Å². The molecule has 0 atom stereocenters. The number of hydrogen-bond acceptors (Lipinski definition) is 1. The van der Waals surface area contributed by atoms with Crippen molar-refractivity contribution in [3.63, 3.8) is 0 Å². The van der Waals surface area contributed by atoms with E-state index in [0.717, 1.165) is 15.6 Å². The van der Waals surface area contributed by atoms with Crippen molar-refractivity contribution in [3.05, 3.63) is 69.2 Å². The maximum absolute atomic E-state index is 12.2. The van der Waals surface area contributed by atoms with Crippen molar-refractivity contribution in [2.45, 2.75) is 13.0 Å². The molecule has 2 rings (SSSR count). The molecule has 0 heterocycles. The van der Waals surface area contributed by atoms with E-state index in [-0.39, 0.29) is 5.91 Å². The van der Waals surface area contributed by atoms with Crippen LogP contribution in [0.3, 0.4) is 0 Å². The zero-order valence-corrected chi connectivity index (χ0v) is 13.5. The van der Waals surface area contributed by atoms with Crippen molar-refractivity contribution < 1.29 is 4.79 Å². The number of rotatable bonds is 4. The molecule has 0 aliphatic heterocycles. The molecule has 1 amide bonds. The summed E-state index contributed by atoms with van der Waals surface area (Å²) in [6.45, 7) is 0.594. The molecule has 0 N–H and O–H groups in total. The molecule has 0 bridgehead atoms. The average molecular weight is 353 g/mol. The highest BCUT2D eigenvalue weighted by Crippen LogP contribution is 2.17. The predicted octanol–water partition coefficient (Wildman–Crippen LogP) is 4.30. The highest BCUT2D eigenvalue weighted by molar-refractivity contribution is 9.10. The number of likely N-dealkylation sites (N-methyl/N-ethyl adjacent to an activating group) is 1. The van der Waals surface area contributed by atoms with Crippen LogP contribution in [-0.4, -0.2) is 17.9 Å². The van der Waals surface area contributed by atoms with Crippen LogP contribution >= 0.6 is 27.5 Å². The van der Waals surface area contributed by atoms with Gasteiger partial charge in [-0.1, -0.05) is 57.9 Å². The molecule has 0 aliphatic rings. The van der Waals surface area contributed by atoms with Crippen LogP contribution in [0.1, 0.15) is 11.1 Å². The monoisotopic (exact) mass is 351 g/mol. The molecule has 0 radical (unpaired) electrons. The van der Waals surface area contributed by atoms with Gasteiger partial charge >= 0.3 is 0 Å². The van der Waals surface area contributed by atoms with E-state index in [4.69, 9.17) is 11.6 Å². The van der Waals surface area contributed by atoms with Gasteiger partial charge in [0.05, 0.1) is 6.42 Å². The lowest BCUT2D eigenvalue weighted by atomic mass is 10.1.